The molecule has 0 unspecified atom stereocenters. The third-order valence-electron chi connectivity index (χ3n) is 4.23. The van der Waals surface area contributed by atoms with E-state index in [0.717, 1.165) is 31.8 Å². The zero-order chi connectivity index (χ0) is 12.4. The lowest BCUT2D eigenvalue weighted by molar-refractivity contribution is 0.529. The molecule has 3 nitrogen and oxygen atoms in total. The van der Waals surface area contributed by atoms with Crippen LogP contribution in [-0.4, -0.2) is 16.1 Å². The monoisotopic (exact) mass is 247 g/mol. The first-order valence-electron chi connectivity index (χ1n) is 7.66. The minimum Gasteiger partial charge on any atom is -0.332 e. The van der Waals surface area contributed by atoms with E-state index in [2.05, 4.69) is 16.8 Å². The first kappa shape index (κ1) is 12.2. The fraction of sp³-hybridized carbons (Fsp3) is 0.800. The average Bonchev–Trinajstić information content (AvgIpc) is 3.14. The average molecular weight is 247 g/mol. The summed E-state index contributed by atoms with van der Waals surface area (Å²) < 4.78 is 2.54. The van der Waals surface area contributed by atoms with Crippen LogP contribution < -0.4 is 5.32 Å². The van der Waals surface area contributed by atoms with Crippen molar-refractivity contribution in [3.63, 3.8) is 0 Å². The molecule has 2 heterocycles. The Morgan fingerprint density at radius 2 is 2.28 bits per heavy atom. The van der Waals surface area contributed by atoms with Gasteiger partial charge in [0.25, 0.3) is 0 Å². The van der Waals surface area contributed by atoms with Crippen LogP contribution in [0, 0.1) is 5.92 Å². The minimum atomic E-state index is 0.974. The first-order valence-corrected chi connectivity index (χ1v) is 7.66. The number of nitrogens with one attached hydrogen (secondary N) is 1. The summed E-state index contributed by atoms with van der Waals surface area (Å²) in [6.45, 7) is 5.54. The number of nitrogens with zero attached hydrogens (tertiary/aromatic N) is 2. The highest BCUT2D eigenvalue weighted by atomic mass is 15.1. The molecule has 1 fully saturated rings. The molecule has 0 radical (unpaired) electrons. The van der Waals surface area contributed by atoms with E-state index in [9.17, 15) is 0 Å². The van der Waals surface area contributed by atoms with Gasteiger partial charge in [-0.05, 0) is 25.2 Å². The zero-order valence-electron chi connectivity index (χ0n) is 11.5. The summed E-state index contributed by atoms with van der Waals surface area (Å²) in [7, 11) is 0. The molecule has 1 aromatic heterocycles. The topological polar surface area (TPSA) is 29.9 Å². The van der Waals surface area contributed by atoms with Crippen molar-refractivity contribution >= 4 is 0 Å². The van der Waals surface area contributed by atoms with Crippen molar-refractivity contribution in [3.8, 4) is 0 Å². The maximum absolute atomic E-state index is 4.85. The van der Waals surface area contributed by atoms with Crippen LogP contribution in [0.15, 0.2) is 0 Å². The lowest BCUT2D eigenvalue weighted by Gasteiger charge is -2.16. The van der Waals surface area contributed by atoms with Gasteiger partial charge in [0, 0.05) is 38.2 Å². The summed E-state index contributed by atoms with van der Waals surface area (Å²) >= 11 is 0. The van der Waals surface area contributed by atoms with E-state index in [-0.39, 0.29) is 0 Å². The van der Waals surface area contributed by atoms with Gasteiger partial charge in [-0.2, -0.15) is 0 Å². The van der Waals surface area contributed by atoms with Crippen molar-refractivity contribution in [1.29, 1.82) is 0 Å². The van der Waals surface area contributed by atoms with Crippen LogP contribution in [0.1, 0.15) is 56.2 Å². The number of hydrogen-bond acceptors (Lipinski definition) is 2. The molecule has 0 bridgehead atoms. The Labute approximate surface area is 110 Å². The van der Waals surface area contributed by atoms with Crippen LogP contribution in [0.4, 0.5) is 0 Å². The van der Waals surface area contributed by atoms with E-state index < -0.39 is 0 Å². The maximum atomic E-state index is 4.85. The Kier molecular flexibility index (Phi) is 3.69. The van der Waals surface area contributed by atoms with Crippen LogP contribution in [0.2, 0.25) is 0 Å². The largest absolute Gasteiger partial charge is 0.332 e. The van der Waals surface area contributed by atoms with Gasteiger partial charge < -0.3 is 9.88 Å². The second kappa shape index (κ2) is 5.43. The highest BCUT2D eigenvalue weighted by Crippen LogP contribution is 2.33. The number of aromatic nitrogens is 2. The summed E-state index contributed by atoms with van der Waals surface area (Å²) in [5.74, 6) is 2.39. The number of fused-ring (bicyclic) bond motifs is 1. The van der Waals surface area contributed by atoms with E-state index in [0.29, 0.717) is 0 Å². The molecule has 3 rings (SSSR count). The van der Waals surface area contributed by atoms with Crippen LogP contribution in [0.3, 0.4) is 0 Å². The molecule has 0 amide bonds. The van der Waals surface area contributed by atoms with E-state index in [1.54, 1.807) is 0 Å². The van der Waals surface area contributed by atoms with Gasteiger partial charge >= 0.3 is 0 Å². The molecule has 3 heteroatoms. The standard InChI is InChI=1S/C15H25N3/c1-2-4-15-17-13-11-16-9-8-14(13)18(15)10-3-5-12-6-7-12/h12,16H,2-11H2,1H3. The number of rotatable bonds is 6. The first-order chi connectivity index (χ1) is 8.88. The molecule has 1 saturated carbocycles. The Bertz CT molecular complexity index is 404. The van der Waals surface area contributed by atoms with Crippen LogP contribution in [0.25, 0.3) is 0 Å². The van der Waals surface area contributed by atoms with Crippen molar-refractivity contribution in [2.24, 2.45) is 5.92 Å². The maximum Gasteiger partial charge on any atom is 0.109 e. The molecular weight excluding hydrogens is 222 g/mol. The lowest BCUT2D eigenvalue weighted by atomic mass is 10.1. The second-order valence-corrected chi connectivity index (χ2v) is 5.84. The fourth-order valence-corrected chi connectivity index (χ4v) is 3.05. The van der Waals surface area contributed by atoms with Crippen molar-refractivity contribution in [2.75, 3.05) is 6.54 Å². The lowest BCUT2D eigenvalue weighted by Crippen LogP contribution is -2.25. The van der Waals surface area contributed by atoms with Gasteiger partial charge in [-0.3, -0.25) is 0 Å². The third kappa shape index (κ3) is 2.61. The summed E-state index contributed by atoms with van der Waals surface area (Å²) in [6.07, 6.45) is 9.23. The van der Waals surface area contributed by atoms with Crippen LogP contribution in [0.5, 0.6) is 0 Å². The van der Waals surface area contributed by atoms with Gasteiger partial charge in [-0.1, -0.05) is 19.8 Å². The van der Waals surface area contributed by atoms with Crippen molar-refractivity contribution in [1.82, 2.24) is 14.9 Å². The van der Waals surface area contributed by atoms with Gasteiger partial charge in [0.1, 0.15) is 5.82 Å². The van der Waals surface area contributed by atoms with Gasteiger partial charge in [0.15, 0.2) is 0 Å². The quantitative estimate of drug-likeness (QED) is 0.837. The molecule has 1 aromatic rings. The van der Waals surface area contributed by atoms with E-state index in [1.165, 1.54) is 55.9 Å². The van der Waals surface area contributed by atoms with Crippen molar-refractivity contribution in [3.05, 3.63) is 17.2 Å². The van der Waals surface area contributed by atoms with E-state index in [1.807, 2.05) is 0 Å². The number of hydrogen-bond donors (Lipinski definition) is 1. The Morgan fingerprint density at radius 3 is 3.06 bits per heavy atom. The molecule has 2 aliphatic rings. The van der Waals surface area contributed by atoms with Gasteiger partial charge in [-0.15, -0.1) is 0 Å². The Hall–Kier alpha value is -0.830. The Balaban J connectivity index is 1.72. The molecule has 0 atom stereocenters. The predicted octanol–water partition coefficient (Wildman–Crippen LogP) is 2.67. The molecule has 0 aromatic carbocycles. The summed E-state index contributed by atoms with van der Waals surface area (Å²) in [6, 6.07) is 0. The van der Waals surface area contributed by atoms with Gasteiger partial charge in [-0.25, -0.2) is 4.98 Å². The second-order valence-electron chi connectivity index (χ2n) is 5.84. The molecular formula is C15H25N3. The van der Waals surface area contributed by atoms with Crippen LogP contribution in [-0.2, 0) is 25.9 Å². The fourth-order valence-electron chi connectivity index (χ4n) is 3.05. The van der Waals surface area contributed by atoms with Crippen LogP contribution >= 0.6 is 0 Å². The summed E-state index contributed by atoms with van der Waals surface area (Å²) in [4.78, 5) is 4.85. The summed E-state index contributed by atoms with van der Waals surface area (Å²) in [5, 5.41) is 3.43. The third-order valence-corrected chi connectivity index (χ3v) is 4.23. The number of aryl methyl sites for hydroxylation is 1. The molecule has 18 heavy (non-hydrogen) atoms. The summed E-state index contributed by atoms with van der Waals surface area (Å²) in [5.41, 5.74) is 2.84. The van der Waals surface area contributed by atoms with Crippen molar-refractivity contribution < 1.29 is 0 Å². The van der Waals surface area contributed by atoms with Gasteiger partial charge in [0.05, 0.1) is 5.69 Å². The van der Waals surface area contributed by atoms with E-state index in [4.69, 9.17) is 4.98 Å². The molecule has 1 N–H and O–H groups in total. The molecule has 0 saturated heterocycles. The van der Waals surface area contributed by atoms with Gasteiger partial charge in [0.2, 0.25) is 0 Å². The molecule has 0 spiro atoms. The molecule has 100 valence electrons. The zero-order valence-corrected chi connectivity index (χ0v) is 11.5. The molecule has 1 aliphatic carbocycles. The minimum absolute atomic E-state index is 0.974. The predicted molar refractivity (Wildman–Crippen MR) is 73.6 cm³/mol. The van der Waals surface area contributed by atoms with E-state index >= 15 is 0 Å². The Morgan fingerprint density at radius 1 is 1.39 bits per heavy atom. The number of imidazole rings is 1. The molecule has 1 aliphatic heterocycles. The normalized spacial score (nSPS) is 18.9. The SMILES string of the molecule is CCCc1nc2c(n1CCCC1CC1)CCNC2. The smallest absolute Gasteiger partial charge is 0.109 e. The highest BCUT2D eigenvalue weighted by molar-refractivity contribution is 5.20. The highest BCUT2D eigenvalue weighted by Gasteiger charge is 2.22. The van der Waals surface area contributed by atoms with Crippen molar-refractivity contribution in [2.45, 2.75) is 65.0 Å².